The molecule has 0 saturated heterocycles. The maximum Gasteiger partial charge on any atom is 0.216 e. The van der Waals surface area contributed by atoms with E-state index in [0.29, 0.717) is 18.4 Å². The van der Waals surface area contributed by atoms with Crippen LogP contribution < -0.4 is 4.72 Å². The summed E-state index contributed by atoms with van der Waals surface area (Å²) < 4.78 is 28.8. The normalized spacial score (nSPS) is 17.8. The third-order valence-corrected chi connectivity index (χ3v) is 8.17. The van der Waals surface area contributed by atoms with Crippen molar-refractivity contribution >= 4 is 77.8 Å². The molecule has 0 bridgehead atoms. The van der Waals surface area contributed by atoms with E-state index >= 15 is 0 Å². The second-order valence-electron chi connectivity index (χ2n) is 4.06. The zero-order chi connectivity index (χ0) is 13.5. The van der Waals surface area contributed by atoms with Gasteiger partial charge in [0.2, 0.25) is 10.0 Å². The monoisotopic (exact) mass is 605 g/mol. The van der Waals surface area contributed by atoms with Crippen LogP contribution in [0.25, 0.3) is 0 Å². The number of sulfonamides is 1. The Hall–Kier alpha value is 1.28. The summed E-state index contributed by atoms with van der Waals surface area (Å²) in [4.78, 5) is 0. The summed E-state index contributed by atoms with van der Waals surface area (Å²) in [5.41, 5.74) is 0.608. The minimum absolute atomic E-state index is 0.327. The summed E-state index contributed by atoms with van der Waals surface area (Å²) in [6.45, 7) is 0. The van der Waals surface area contributed by atoms with Crippen molar-refractivity contribution in [2.45, 2.75) is 24.3 Å². The minimum Gasteiger partial charge on any atom is -0.373 e. The van der Waals surface area contributed by atoms with E-state index in [-0.39, 0.29) is 5.25 Å². The fourth-order valence-corrected chi connectivity index (χ4v) is 5.35. The number of hydrogen-bond donors (Lipinski definition) is 2. The SMILES string of the molecule is O=S(=O)(NC(O)c1cc(I)cc(I)c1I)C1CC1. The maximum atomic E-state index is 11.8. The first kappa shape index (κ1) is 15.7. The first-order valence-corrected chi connectivity index (χ1v) is 9.93. The molecule has 1 aromatic rings. The molecule has 1 atom stereocenters. The number of hydrogen-bond acceptors (Lipinski definition) is 3. The molecule has 8 heteroatoms. The summed E-state index contributed by atoms with van der Waals surface area (Å²) in [7, 11) is -3.39. The number of nitrogens with one attached hydrogen (secondary N) is 1. The van der Waals surface area contributed by atoms with Crippen LogP contribution in [0.2, 0.25) is 0 Å². The van der Waals surface area contributed by atoms with Gasteiger partial charge in [-0.1, -0.05) is 0 Å². The molecule has 0 aromatic heterocycles. The molecule has 100 valence electrons. The summed E-state index contributed by atoms with van der Waals surface area (Å²) in [6, 6.07) is 3.78. The molecule has 0 spiro atoms. The van der Waals surface area contributed by atoms with Crippen molar-refractivity contribution < 1.29 is 13.5 Å². The first-order chi connectivity index (χ1) is 8.31. The van der Waals surface area contributed by atoms with Crippen molar-refractivity contribution in [2.75, 3.05) is 0 Å². The number of benzene rings is 1. The smallest absolute Gasteiger partial charge is 0.216 e. The molecule has 0 aliphatic heterocycles. The zero-order valence-corrected chi connectivity index (χ0v) is 16.3. The van der Waals surface area contributed by atoms with Gasteiger partial charge >= 0.3 is 0 Å². The van der Waals surface area contributed by atoms with Gasteiger partial charge < -0.3 is 5.11 Å². The van der Waals surface area contributed by atoms with E-state index in [1.807, 2.05) is 6.07 Å². The highest BCUT2D eigenvalue weighted by Crippen LogP contribution is 2.31. The van der Waals surface area contributed by atoms with Crippen molar-refractivity contribution in [1.82, 2.24) is 4.72 Å². The Balaban J connectivity index is 2.26. The van der Waals surface area contributed by atoms with Gasteiger partial charge in [-0.25, -0.2) is 8.42 Å². The quantitative estimate of drug-likeness (QED) is 0.316. The average Bonchev–Trinajstić information content (AvgIpc) is 3.06. The number of rotatable bonds is 4. The average molecular weight is 605 g/mol. The summed E-state index contributed by atoms with van der Waals surface area (Å²) in [6.07, 6.45) is 0.192. The Labute approximate surface area is 147 Å². The van der Waals surface area contributed by atoms with Crippen LogP contribution in [0.1, 0.15) is 24.6 Å². The van der Waals surface area contributed by atoms with E-state index < -0.39 is 16.3 Å². The van der Waals surface area contributed by atoms with E-state index in [1.165, 1.54) is 0 Å². The first-order valence-electron chi connectivity index (χ1n) is 5.15. The van der Waals surface area contributed by atoms with Crippen LogP contribution in [0, 0.1) is 10.7 Å². The number of aliphatic hydroxyl groups is 1. The van der Waals surface area contributed by atoms with Gasteiger partial charge in [0, 0.05) is 16.3 Å². The highest BCUT2D eigenvalue weighted by atomic mass is 127. The van der Waals surface area contributed by atoms with Gasteiger partial charge in [-0.2, -0.15) is 4.72 Å². The summed E-state index contributed by atoms with van der Waals surface area (Å²) >= 11 is 6.43. The molecule has 1 saturated carbocycles. The molecule has 2 rings (SSSR count). The van der Waals surface area contributed by atoms with Crippen LogP contribution in [-0.2, 0) is 10.0 Å². The molecule has 0 radical (unpaired) electrons. The molecule has 1 aliphatic carbocycles. The Morgan fingerprint density at radius 1 is 1.28 bits per heavy atom. The fraction of sp³-hybridized carbons (Fsp3) is 0.400. The van der Waals surface area contributed by atoms with E-state index in [0.717, 1.165) is 10.7 Å². The van der Waals surface area contributed by atoms with Crippen molar-refractivity contribution in [3.63, 3.8) is 0 Å². The molecule has 1 unspecified atom stereocenters. The van der Waals surface area contributed by atoms with Gasteiger partial charge in [0.15, 0.2) is 0 Å². The lowest BCUT2D eigenvalue weighted by Gasteiger charge is -2.16. The predicted octanol–water partition coefficient (Wildman–Crippen LogP) is 2.57. The maximum absolute atomic E-state index is 11.8. The second kappa shape index (κ2) is 5.95. The lowest BCUT2D eigenvalue weighted by Crippen LogP contribution is -2.31. The highest BCUT2D eigenvalue weighted by Gasteiger charge is 2.37. The summed E-state index contributed by atoms with van der Waals surface area (Å²) in [5, 5.41) is 9.73. The Morgan fingerprint density at radius 3 is 2.44 bits per heavy atom. The fourth-order valence-electron chi connectivity index (χ4n) is 1.47. The van der Waals surface area contributed by atoms with Crippen LogP contribution >= 0.6 is 67.8 Å². The van der Waals surface area contributed by atoms with Crippen molar-refractivity contribution in [2.24, 2.45) is 0 Å². The lowest BCUT2D eigenvalue weighted by molar-refractivity contribution is 0.165. The lowest BCUT2D eigenvalue weighted by atomic mass is 10.2. The third-order valence-electron chi connectivity index (χ3n) is 2.55. The van der Waals surface area contributed by atoms with Gasteiger partial charge in [0.25, 0.3) is 0 Å². The molecule has 18 heavy (non-hydrogen) atoms. The molecular weight excluding hydrogens is 595 g/mol. The van der Waals surface area contributed by atoms with Crippen molar-refractivity contribution in [1.29, 1.82) is 0 Å². The van der Waals surface area contributed by atoms with Crippen LogP contribution in [-0.4, -0.2) is 18.8 Å². The molecule has 1 fully saturated rings. The van der Waals surface area contributed by atoms with E-state index in [4.69, 9.17) is 0 Å². The van der Waals surface area contributed by atoms with Crippen LogP contribution in [0.4, 0.5) is 0 Å². The molecular formula is C10H10I3NO3S. The van der Waals surface area contributed by atoms with E-state index in [1.54, 1.807) is 6.07 Å². The van der Waals surface area contributed by atoms with Crippen LogP contribution in [0.5, 0.6) is 0 Å². The molecule has 2 N–H and O–H groups in total. The van der Waals surface area contributed by atoms with Gasteiger partial charge in [-0.05, 0) is 92.7 Å². The second-order valence-corrected chi connectivity index (χ2v) is 9.53. The Bertz CT molecular complexity index is 572. The number of halogens is 3. The largest absolute Gasteiger partial charge is 0.373 e. The standard InChI is InChI=1S/C10H10I3NO3S/c11-5-3-7(9(13)8(12)4-5)10(15)14-18(16,17)6-1-2-6/h3-4,6,10,14-15H,1-2H2. The Kier molecular flexibility index (Phi) is 5.18. The highest BCUT2D eigenvalue weighted by molar-refractivity contribution is 14.1. The van der Waals surface area contributed by atoms with E-state index in [9.17, 15) is 13.5 Å². The number of aliphatic hydroxyl groups excluding tert-OH is 1. The van der Waals surface area contributed by atoms with Gasteiger partial charge in [-0.3, -0.25) is 0 Å². The van der Waals surface area contributed by atoms with Crippen LogP contribution in [0.3, 0.4) is 0 Å². The molecule has 0 heterocycles. The minimum atomic E-state index is -3.39. The van der Waals surface area contributed by atoms with Gasteiger partial charge in [0.05, 0.1) is 5.25 Å². The third kappa shape index (κ3) is 3.68. The van der Waals surface area contributed by atoms with Gasteiger partial charge in [-0.15, -0.1) is 0 Å². The van der Waals surface area contributed by atoms with Crippen molar-refractivity contribution in [3.05, 3.63) is 28.4 Å². The van der Waals surface area contributed by atoms with Crippen molar-refractivity contribution in [3.8, 4) is 0 Å². The van der Waals surface area contributed by atoms with E-state index in [2.05, 4.69) is 72.5 Å². The molecule has 1 aromatic carbocycles. The summed E-state index contributed by atoms with van der Waals surface area (Å²) in [5.74, 6) is 0. The van der Waals surface area contributed by atoms with Gasteiger partial charge in [0.1, 0.15) is 6.23 Å². The molecule has 0 amide bonds. The topological polar surface area (TPSA) is 66.4 Å². The predicted molar refractivity (Wildman–Crippen MR) is 94.6 cm³/mol. The van der Waals surface area contributed by atoms with Crippen LogP contribution in [0.15, 0.2) is 12.1 Å². The Morgan fingerprint density at radius 2 is 1.89 bits per heavy atom. The zero-order valence-electron chi connectivity index (χ0n) is 9.03. The molecule has 4 nitrogen and oxygen atoms in total. The molecule has 1 aliphatic rings.